The summed E-state index contributed by atoms with van der Waals surface area (Å²) in [5.41, 5.74) is 6.39. The molecule has 0 aliphatic carbocycles. The summed E-state index contributed by atoms with van der Waals surface area (Å²) in [4.78, 5) is 16.2. The number of aromatic nitrogens is 5. The normalized spacial score (nSPS) is 11.6. The Kier molecular flexibility index (Phi) is 4.16. The van der Waals surface area contributed by atoms with E-state index in [0.717, 1.165) is 72.7 Å². The molecule has 0 aliphatic rings. The molecule has 0 saturated heterocycles. The number of nitrogens with one attached hydrogen (secondary N) is 3. The Balaban J connectivity index is 1.59. The van der Waals surface area contributed by atoms with Crippen molar-refractivity contribution in [3.63, 3.8) is 0 Å². The molecule has 4 heterocycles. The minimum Gasteiger partial charge on any atom is -0.496 e. The quantitative estimate of drug-likeness (QED) is 0.315. The SMILES string of the molecule is COc1cc2c(cc1-c1c(C)noc1C)[nH]c1nc(C)nc(Nc3c[nH]c4ccccc34)c12. The van der Waals surface area contributed by atoms with Gasteiger partial charge in [0.15, 0.2) is 0 Å². The number of hydrogen-bond donors (Lipinski definition) is 3. The van der Waals surface area contributed by atoms with Gasteiger partial charge in [-0.15, -0.1) is 0 Å². The molecule has 6 aromatic rings. The van der Waals surface area contributed by atoms with Gasteiger partial charge >= 0.3 is 0 Å². The Labute approximate surface area is 189 Å². The molecule has 6 rings (SSSR count). The maximum Gasteiger partial charge on any atom is 0.144 e. The van der Waals surface area contributed by atoms with Crippen molar-refractivity contribution in [3.8, 4) is 16.9 Å². The number of aromatic amines is 2. The average Bonchev–Trinajstić information content (AvgIpc) is 3.47. The second-order valence-electron chi connectivity index (χ2n) is 8.14. The van der Waals surface area contributed by atoms with Crippen LogP contribution in [-0.2, 0) is 0 Å². The lowest BCUT2D eigenvalue weighted by Crippen LogP contribution is -1.98. The number of rotatable bonds is 4. The van der Waals surface area contributed by atoms with Crippen molar-refractivity contribution >= 4 is 44.3 Å². The molecular formula is C25H22N6O2. The summed E-state index contributed by atoms with van der Waals surface area (Å²) in [7, 11) is 1.67. The van der Waals surface area contributed by atoms with Crippen LogP contribution >= 0.6 is 0 Å². The van der Waals surface area contributed by atoms with Gasteiger partial charge in [0.1, 0.15) is 28.8 Å². The first-order chi connectivity index (χ1) is 16.0. The number of para-hydroxylation sites is 1. The molecule has 0 bridgehead atoms. The minimum atomic E-state index is 0.675. The van der Waals surface area contributed by atoms with Gasteiger partial charge in [-0.05, 0) is 39.0 Å². The fourth-order valence-corrected chi connectivity index (χ4v) is 4.56. The molecule has 164 valence electrons. The molecule has 8 nitrogen and oxygen atoms in total. The van der Waals surface area contributed by atoms with E-state index < -0.39 is 0 Å². The molecule has 33 heavy (non-hydrogen) atoms. The lowest BCUT2D eigenvalue weighted by Gasteiger charge is -2.10. The second-order valence-corrected chi connectivity index (χ2v) is 8.14. The lowest BCUT2D eigenvalue weighted by atomic mass is 10.0. The van der Waals surface area contributed by atoms with Gasteiger partial charge in [-0.1, -0.05) is 23.4 Å². The Morgan fingerprint density at radius 3 is 2.64 bits per heavy atom. The van der Waals surface area contributed by atoms with Crippen LogP contribution in [-0.4, -0.2) is 32.2 Å². The molecule has 0 aliphatic heterocycles. The monoisotopic (exact) mass is 438 g/mol. The van der Waals surface area contributed by atoms with Crippen LogP contribution in [0.5, 0.6) is 5.75 Å². The molecule has 0 radical (unpaired) electrons. The second kappa shape index (κ2) is 7.09. The van der Waals surface area contributed by atoms with Gasteiger partial charge in [-0.25, -0.2) is 9.97 Å². The maximum atomic E-state index is 5.78. The number of nitrogens with zero attached hydrogens (tertiary/aromatic N) is 3. The molecule has 4 aromatic heterocycles. The van der Waals surface area contributed by atoms with Crippen molar-refractivity contribution in [1.29, 1.82) is 0 Å². The first kappa shape index (κ1) is 19.4. The topological polar surface area (TPSA) is 105 Å². The number of aryl methyl sites for hydroxylation is 3. The molecule has 0 amide bonds. The number of anilines is 2. The Bertz CT molecular complexity index is 1650. The van der Waals surface area contributed by atoms with Gasteiger partial charge in [0.25, 0.3) is 0 Å². The summed E-state index contributed by atoms with van der Waals surface area (Å²) in [5.74, 6) is 2.89. The highest BCUT2D eigenvalue weighted by Crippen LogP contribution is 2.41. The summed E-state index contributed by atoms with van der Waals surface area (Å²) in [5, 5.41) is 10.6. The van der Waals surface area contributed by atoms with Crippen LogP contribution in [0.3, 0.4) is 0 Å². The average molecular weight is 438 g/mol. The molecule has 3 N–H and O–H groups in total. The van der Waals surface area contributed by atoms with E-state index in [4.69, 9.17) is 14.2 Å². The molecular weight excluding hydrogens is 416 g/mol. The predicted octanol–water partition coefficient (Wildman–Crippen LogP) is 5.92. The molecule has 8 heteroatoms. The van der Waals surface area contributed by atoms with Crippen LogP contribution in [0.2, 0.25) is 0 Å². The highest BCUT2D eigenvalue weighted by molar-refractivity contribution is 6.14. The molecule has 2 aromatic carbocycles. The van der Waals surface area contributed by atoms with Crippen molar-refractivity contribution in [2.75, 3.05) is 12.4 Å². The number of hydrogen-bond acceptors (Lipinski definition) is 6. The molecule has 0 atom stereocenters. The highest BCUT2D eigenvalue weighted by Gasteiger charge is 2.21. The van der Waals surface area contributed by atoms with E-state index >= 15 is 0 Å². The number of benzene rings is 2. The smallest absolute Gasteiger partial charge is 0.144 e. The van der Waals surface area contributed by atoms with E-state index in [1.54, 1.807) is 7.11 Å². The van der Waals surface area contributed by atoms with E-state index in [1.165, 1.54) is 0 Å². The Morgan fingerprint density at radius 1 is 1.00 bits per heavy atom. The number of fused-ring (bicyclic) bond motifs is 4. The van der Waals surface area contributed by atoms with Gasteiger partial charge in [-0.3, -0.25) is 0 Å². The first-order valence-electron chi connectivity index (χ1n) is 10.7. The number of methoxy groups -OCH3 is 1. The molecule has 0 unspecified atom stereocenters. The number of H-pyrrole nitrogens is 2. The van der Waals surface area contributed by atoms with E-state index in [9.17, 15) is 0 Å². The molecule has 0 spiro atoms. The summed E-state index contributed by atoms with van der Waals surface area (Å²) in [6, 6.07) is 12.2. The van der Waals surface area contributed by atoms with Crippen molar-refractivity contribution < 1.29 is 9.26 Å². The van der Waals surface area contributed by atoms with Crippen molar-refractivity contribution in [1.82, 2.24) is 25.1 Å². The lowest BCUT2D eigenvalue weighted by molar-refractivity contribution is 0.393. The van der Waals surface area contributed by atoms with Crippen LogP contribution in [0.4, 0.5) is 11.5 Å². The van der Waals surface area contributed by atoms with Crippen LogP contribution in [0.1, 0.15) is 17.3 Å². The van der Waals surface area contributed by atoms with Crippen LogP contribution in [0.15, 0.2) is 47.1 Å². The summed E-state index contributed by atoms with van der Waals surface area (Å²) < 4.78 is 11.2. The van der Waals surface area contributed by atoms with E-state index in [0.29, 0.717) is 5.82 Å². The molecule has 0 fully saturated rings. The standard InChI is InChI=1S/C25H22N6O2/c1-12-22(13(2)33-31-12)17-9-19-16(10-21(17)32-4)23-24(29-19)27-14(3)28-25(23)30-20-11-26-18-8-6-5-7-15(18)20/h5-11,26H,1-4H3,(H2,27,28,29,30). The summed E-state index contributed by atoms with van der Waals surface area (Å²) in [6.45, 7) is 5.72. The highest BCUT2D eigenvalue weighted by atomic mass is 16.5. The summed E-state index contributed by atoms with van der Waals surface area (Å²) >= 11 is 0. The zero-order chi connectivity index (χ0) is 22.7. The Hall–Kier alpha value is -4.33. The zero-order valence-corrected chi connectivity index (χ0v) is 18.7. The van der Waals surface area contributed by atoms with Gasteiger partial charge in [-0.2, -0.15) is 0 Å². The van der Waals surface area contributed by atoms with Crippen molar-refractivity contribution in [2.45, 2.75) is 20.8 Å². The van der Waals surface area contributed by atoms with Crippen LogP contribution < -0.4 is 10.1 Å². The summed E-state index contributed by atoms with van der Waals surface area (Å²) in [6.07, 6.45) is 1.96. The first-order valence-corrected chi connectivity index (χ1v) is 10.7. The van der Waals surface area contributed by atoms with Crippen LogP contribution in [0.25, 0.3) is 44.0 Å². The van der Waals surface area contributed by atoms with Gasteiger partial charge in [0.2, 0.25) is 0 Å². The molecule has 0 saturated carbocycles. The van der Waals surface area contributed by atoms with Crippen LogP contribution in [0, 0.1) is 20.8 Å². The van der Waals surface area contributed by atoms with Crippen molar-refractivity contribution in [2.24, 2.45) is 0 Å². The number of ether oxygens (including phenoxy) is 1. The van der Waals surface area contributed by atoms with E-state index in [-0.39, 0.29) is 0 Å². The predicted molar refractivity (Wildman–Crippen MR) is 129 cm³/mol. The fraction of sp³-hybridized carbons (Fsp3) is 0.160. The maximum absolute atomic E-state index is 5.78. The van der Waals surface area contributed by atoms with Gasteiger partial charge in [0, 0.05) is 33.6 Å². The minimum absolute atomic E-state index is 0.675. The van der Waals surface area contributed by atoms with Crippen molar-refractivity contribution in [3.05, 3.63) is 59.9 Å². The van der Waals surface area contributed by atoms with Gasteiger partial charge in [0.05, 0.1) is 29.4 Å². The Morgan fingerprint density at radius 2 is 1.85 bits per heavy atom. The third-order valence-corrected chi connectivity index (χ3v) is 6.03. The zero-order valence-electron chi connectivity index (χ0n) is 18.7. The van der Waals surface area contributed by atoms with Gasteiger partial charge < -0.3 is 24.5 Å². The van der Waals surface area contributed by atoms with E-state index in [2.05, 4.69) is 37.6 Å². The fourth-order valence-electron chi connectivity index (χ4n) is 4.56. The third kappa shape index (κ3) is 2.95. The largest absolute Gasteiger partial charge is 0.496 e. The third-order valence-electron chi connectivity index (χ3n) is 6.03. The van der Waals surface area contributed by atoms with E-state index in [1.807, 2.05) is 51.2 Å².